The van der Waals surface area contributed by atoms with E-state index in [1.807, 2.05) is 0 Å². The van der Waals surface area contributed by atoms with Gasteiger partial charge in [-0.3, -0.25) is 4.79 Å². The van der Waals surface area contributed by atoms with Crippen molar-refractivity contribution in [1.29, 1.82) is 0 Å². The first-order chi connectivity index (χ1) is 13.1. The molecule has 2 bridgehead atoms. The SMILES string of the molecule is COC(=O)C1C2CCC(CC2)C1Nc1cc(-c2ccccc2F)nc(Cl)n1. The molecule has 2 unspecified atom stereocenters. The summed E-state index contributed by atoms with van der Waals surface area (Å²) in [6, 6.07) is 8.02. The maximum Gasteiger partial charge on any atom is 0.311 e. The molecule has 142 valence electrons. The van der Waals surface area contributed by atoms with Crippen LogP contribution in [0.1, 0.15) is 25.7 Å². The molecule has 5 rings (SSSR count). The number of hydrogen-bond acceptors (Lipinski definition) is 5. The van der Waals surface area contributed by atoms with Gasteiger partial charge in [-0.15, -0.1) is 0 Å². The van der Waals surface area contributed by atoms with Crippen molar-refractivity contribution in [3.8, 4) is 11.3 Å². The minimum Gasteiger partial charge on any atom is -0.469 e. The molecule has 0 saturated heterocycles. The van der Waals surface area contributed by atoms with Gasteiger partial charge in [0, 0.05) is 17.7 Å². The van der Waals surface area contributed by atoms with Crippen molar-refractivity contribution in [3.63, 3.8) is 0 Å². The second-order valence-electron chi connectivity index (χ2n) is 7.28. The lowest BCUT2D eigenvalue weighted by molar-refractivity contribution is -0.152. The fourth-order valence-corrected chi connectivity index (χ4v) is 4.78. The molecule has 3 aliphatic carbocycles. The number of carbonyl (C=O) groups excluding carboxylic acids is 1. The monoisotopic (exact) mass is 389 g/mol. The third kappa shape index (κ3) is 3.50. The zero-order valence-electron chi connectivity index (χ0n) is 15.0. The van der Waals surface area contributed by atoms with Crippen LogP contribution in [0, 0.1) is 23.6 Å². The van der Waals surface area contributed by atoms with Gasteiger partial charge in [0.2, 0.25) is 5.28 Å². The minimum atomic E-state index is -0.373. The summed E-state index contributed by atoms with van der Waals surface area (Å²) in [4.78, 5) is 20.8. The lowest BCUT2D eigenvalue weighted by Crippen LogP contribution is -2.51. The van der Waals surface area contributed by atoms with E-state index >= 15 is 0 Å². The van der Waals surface area contributed by atoms with Gasteiger partial charge in [-0.25, -0.2) is 14.4 Å². The number of ether oxygens (including phenoxy) is 1. The number of nitrogens with one attached hydrogen (secondary N) is 1. The van der Waals surface area contributed by atoms with Crippen molar-refractivity contribution in [3.05, 3.63) is 41.4 Å². The average molecular weight is 390 g/mol. The number of carbonyl (C=O) groups is 1. The van der Waals surface area contributed by atoms with Crippen LogP contribution in [0.4, 0.5) is 10.2 Å². The fraction of sp³-hybridized carbons (Fsp3) is 0.450. The number of anilines is 1. The third-order valence-corrected chi connectivity index (χ3v) is 6.02. The Kier molecular flexibility index (Phi) is 5.00. The summed E-state index contributed by atoms with van der Waals surface area (Å²) in [7, 11) is 1.43. The van der Waals surface area contributed by atoms with E-state index in [0.29, 0.717) is 28.9 Å². The molecule has 2 atom stereocenters. The Balaban J connectivity index is 1.66. The summed E-state index contributed by atoms with van der Waals surface area (Å²) >= 11 is 6.10. The highest BCUT2D eigenvalue weighted by molar-refractivity contribution is 6.28. The normalized spacial score (nSPS) is 26.6. The molecule has 1 aromatic heterocycles. The Hall–Kier alpha value is -2.21. The molecule has 1 aromatic carbocycles. The second-order valence-corrected chi connectivity index (χ2v) is 7.62. The van der Waals surface area contributed by atoms with Crippen LogP contribution in [-0.2, 0) is 9.53 Å². The summed E-state index contributed by atoms with van der Waals surface area (Å²) < 4.78 is 19.2. The molecule has 0 aliphatic heterocycles. The third-order valence-electron chi connectivity index (χ3n) is 5.86. The number of nitrogens with zero attached hydrogens (tertiary/aromatic N) is 2. The first kappa shape index (κ1) is 18.2. The Labute approximate surface area is 162 Å². The zero-order chi connectivity index (χ0) is 19.0. The van der Waals surface area contributed by atoms with Gasteiger partial charge in [0.25, 0.3) is 0 Å². The van der Waals surface area contributed by atoms with E-state index in [4.69, 9.17) is 16.3 Å². The summed E-state index contributed by atoms with van der Waals surface area (Å²) in [5, 5.41) is 3.43. The van der Waals surface area contributed by atoms with Crippen molar-refractivity contribution >= 4 is 23.4 Å². The Morgan fingerprint density at radius 1 is 1.19 bits per heavy atom. The molecule has 0 amide bonds. The average Bonchev–Trinajstić information content (AvgIpc) is 2.68. The van der Waals surface area contributed by atoms with Gasteiger partial charge in [0.05, 0.1) is 18.7 Å². The van der Waals surface area contributed by atoms with Crippen LogP contribution in [0.2, 0.25) is 5.28 Å². The van der Waals surface area contributed by atoms with Crippen molar-refractivity contribution in [2.75, 3.05) is 12.4 Å². The first-order valence-corrected chi connectivity index (χ1v) is 9.58. The smallest absolute Gasteiger partial charge is 0.311 e. The highest BCUT2D eigenvalue weighted by atomic mass is 35.5. The predicted octanol–water partition coefficient (Wildman–Crippen LogP) is 4.33. The molecule has 3 aliphatic rings. The quantitative estimate of drug-likeness (QED) is 0.623. The maximum atomic E-state index is 14.1. The minimum absolute atomic E-state index is 0.0360. The largest absolute Gasteiger partial charge is 0.469 e. The summed E-state index contributed by atoms with van der Waals surface area (Å²) in [5.74, 6) is 0.444. The molecule has 7 heteroatoms. The molecule has 0 spiro atoms. The number of halogens is 2. The molecule has 2 aromatic rings. The van der Waals surface area contributed by atoms with Crippen molar-refractivity contribution < 1.29 is 13.9 Å². The number of methoxy groups -OCH3 is 1. The Morgan fingerprint density at radius 2 is 1.89 bits per heavy atom. The summed E-state index contributed by atoms with van der Waals surface area (Å²) in [5.41, 5.74) is 0.769. The zero-order valence-corrected chi connectivity index (χ0v) is 15.7. The van der Waals surface area contributed by atoms with Crippen LogP contribution in [0.25, 0.3) is 11.3 Å². The van der Waals surface area contributed by atoms with Gasteiger partial charge in [-0.1, -0.05) is 12.1 Å². The van der Waals surface area contributed by atoms with Crippen molar-refractivity contribution in [2.24, 2.45) is 17.8 Å². The topological polar surface area (TPSA) is 64.1 Å². The van der Waals surface area contributed by atoms with Gasteiger partial charge in [0.1, 0.15) is 11.6 Å². The van der Waals surface area contributed by atoms with Crippen molar-refractivity contribution in [2.45, 2.75) is 31.7 Å². The molecule has 1 N–H and O–H groups in total. The van der Waals surface area contributed by atoms with E-state index in [1.165, 1.54) is 13.2 Å². The van der Waals surface area contributed by atoms with E-state index in [1.54, 1.807) is 24.3 Å². The molecule has 3 fully saturated rings. The van der Waals surface area contributed by atoms with Gasteiger partial charge < -0.3 is 10.1 Å². The van der Waals surface area contributed by atoms with E-state index in [2.05, 4.69) is 15.3 Å². The molecular weight excluding hydrogens is 369 g/mol. The van der Waals surface area contributed by atoms with E-state index in [0.717, 1.165) is 25.7 Å². The highest BCUT2D eigenvalue weighted by Gasteiger charge is 2.47. The number of benzene rings is 1. The standard InChI is InChI=1S/C20H21ClFN3O2/c1-27-19(26)17-11-6-8-12(9-7-11)18(17)24-16-10-15(23-20(21)25-16)13-4-2-3-5-14(13)22/h2-5,10-12,17-18H,6-9H2,1H3,(H,23,24,25). The first-order valence-electron chi connectivity index (χ1n) is 9.20. The number of fused-ring (bicyclic) bond motifs is 3. The lowest BCUT2D eigenvalue weighted by Gasteiger charge is -2.47. The van der Waals surface area contributed by atoms with Crippen molar-refractivity contribution in [1.82, 2.24) is 9.97 Å². The highest BCUT2D eigenvalue weighted by Crippen LogP contribution is 2.46. The molecule has 0 radical (unpaired) electrons. The Morgan fingerprint density at radius 3 is 2.59 bits per heavy atom. The molecule has 1 heterocycles. The molecular formula is C20H21ClFN3O2. The van der Waals surface area contributed by atoms with Gasteiger partial charge in [0.15, 0.2) is 0 Å². The molecule has 27 heavy (non-hydrogen) atoms. The Bertz CT molecular complexity index is 855. The number of esters is 1. The number of rotatable bonds is 4. The lowest BCUT2D eigenvalue weighted by atomic mass is 9.61. The van der Waals surface area contributed by atoms with Gasteiger partial charge >= 0.3 is 5.97 Å². The number of hydrogen-bond donors (Lipinski definition) is 1. The van der Waals surface area contributed by atoms with Crippen LogP contribution in [0.3, 0.4) is 0 Å². The van der Waals surface area contributed by atoms with Crippen LogP contribution < -0.4 is 5.32 Å². The fourth-order valence-electron chi connectivity index (χ4n) is 4.60. The maximum absolute atomic E-state index is 14.1. The second kappa shape index (κ2) is 7.43. The number of aromatic nitrogens is 2. The molecule has 5 nitrogen and oxygen atoms in total. The summed E-state index contributed by atoms with van der Waals surface area (Å²) in [6.45, 7) is 0. The predicted molar refractivity (Wildman–Crippen MR) is 101 cm³/mol. The summed E-state index contributed by atoms with van der Waals surface area (Å²) in [6.07, 6.45) is 4.25. The van der Waals surface area contributed by atoms with Crippen LogP contribution in [0.15, 0.2) is 30.3 Å². The van der Waals surface area contributed by atoms with Crippen LogP contribution in [0.5, 0.6) is 0 Å². The van der Waals surface area contributed by atoms with E-state index in [-0.39, 0.29) is 29.0 Å². The van der Waals surface area contributed by atoms with Crippen LogP contribution >= 0.6 is 11.6 Å². The van der Waals surface area contributed by atoms with Crippen LogP contribution in [-0.4, -0.2) is 29.1 Å². The van der Waals surface area contributed by atoms with Gasteiger partial charge in [-0.05, 0) is 61.3 Å². The van der Waals surface area contributed by atoms with E-state index < -0.39 is 0 Å². The molecule has 3 saturated carbocycles. The van der Waals surface area contributed by atoms with E-state index in [9.17, 15) is 9.18 Å². The van der Waals surface area contributed by atoms with Gasteiger partial charge in [-0.2, -0.15) is 0 Å².